The summed E-state index contributed by atoms with van der Waals surface area (Å²) in [6.45, 7) is 1.30. The zero-order chi connectivity index (χ0) is 20.9. The minimum atomic E-state index is -4.14. The smallest absolute Gasteiger partial charge is 0.270 e. The lowest BCUT2D eigenvalue weighted by atomic mass is 10.2. The number of sulfonamides is 1. The van der Waals surface area contributed by atoms with Gasteiger partial charge in [-0.05, 0) is 25.1 Å². The zero-order valence-corrected chi connectivity index (χ0v) is 16.4. The Kier molecular flexibility index (Phi) is 4.31. The first kappa shape index (κ1) is 19.0. The summed E-state index contributed by atoms with van der Waals surface area (Å²) < 4.78 is 26.4. The Morgan fingerprint density at radius 2 is 2.00 bits per heavy atom. The van der Waals surface area contributed by atoms with Gasteiger partial charge in [0.1, 0.15) is 10.9 Å². The van der Waals surface area contributed by atoms with Crippen LogP contribution in [0.4, 0.5) is 10.8 Å². The summed E-state index contributed by atoms with van der Waals surface area (Å²) in [6, 6.07) is 8.50. The normalized spacial score (nSPS) is 15.9. The van der Waals surface area contributed by atoms with E-state index in [1.807, 2.05) is 0 Å². The van der Waals surface area contributed by atoms with Crippen molar-refractivity contribution in [2.75, 3.05) is 5.32 Å². The molecule has 10 nitrogen and oxygen atoms in total. The van der Waals surface area contributed by atoms with Crippen LogP contribution < -0.4 is 5.32 Å². The van der Waals surface area contributed by atoms with Gasteiger partial charge in [0, 0.05) is 12.1 Å². The molecule has 148 valence electrons. The highest BCUT2D eigenvalue weighted by Gasteiger charge is 2.45. The molecule has 1 aliphatic rings. The maximum absolute atomic E-state index is 12.7. The van der Waals surface area contributed by atoms with E-state index in [2.05, 4.69) is 10.3 Å². The Labute approximate surface area is 168 Å². The van der Waals surface area contributed by atoms with E-state index < -0.39 is 32.8 Å². The maximum Gasteiger partial charge on any atom is 0.270 e. The molecule has 2 aromatic carbocycles. The first-order valence-electron chi connectivity index (χ1n) is 8.24. The number of benzene rings is 2. The highest BCUT2D eigenvalue weighted by molar-refractivity contribution is 7.90. The number of nitro benzene ring substituents is 1. The minimum Gasteiger partial charge on any atom is -0.300 e. The van der Waals surface area contributed by atoms with Crippen LogP contribution in [0.1, 0.15) is 17.3 Å². The van der Waals surface area contributed by atoms with Gasteiger partial charge in [-0.3, -0.25) is 19.7 Å². The zero-order valence-electron chi connectivity index (χ0n) is 14.7. The Bertz CT molecular complexity index is 1300. The van der Waals surface area contributed by atoms with Crippen LogP contribution in [-0.4, -0.2) is 40.5 Å². The molecule has 1 unspecified atom stereocenters. The van der Waals surface area contributed by atoms with Crippen molar-refractivity contribution in [3.05, 3.63) is 58.1 Å². The van der Waals surface area contributed by atoms with E-state index in [-0.39, 0.29) is 21.3 Å². The lowest BCUT2D eigenvalue weighted by Gasteiger charge is -2.21. The predicted molar refractivity (Wildman–Crippen MR) is 104 cm³/mol. The number of nitro groups is 1. The van der Waals surface area contributed by atoms with Gasteiger partial charge in [0.15, 0.2) is 5.13 Å². The van der Waals surface area contributed by atoms with Crippen molar-refractivity contribution in [3.63, 3.8) is 0 Å². The molecule has 0 fully saturated rings. The number of anilines is 1. The summed E-state index contributed by atoms with van der Waals surface area (Å²) in [4.78, 5) is 39.5. The number of hydrogen-bond acceptors (Lipinski definition) is 8. The summed E-state index contributed by atoms with van der Waals surface area (Å²) in [5, 5.41) is 13.5. The topological polar surface area (TPSA) is 140 Å². The second-order valence-corrected chi connectivity index (χ2v) is 9.01. The summed E-state index contributed by atoms with van der Waals surface area (Å²) in [7, 11) is -4.14. The number of carbonyl (C=O) groups excluding carboxylic acids is 2. The first-order valence-corrected chi connectivity index (χ1v) is 10.5. The van der Waals surface area contributed by atoms with Crippen molar-refractivity contribution in [3.8, 4) is 0 Å². The monoisotopic (exact) mass is 432 g/mol. The number of rotatable bonds is 4. The molecule has 1 aliphatic heterocycles. The van der Waals surface area contributed by atoms with E-state index in [9.17, 15) is 28.1 Å². The number of non-ortho nitro benzene ring substituents is 1. The summed E-state index contributed by atoms with van der Waals surface area (Å²) in [5.74, 6) is -1.52. The number of aromatic nitrogens is 1. The third-order valence-corrected chi connectivity index (χ3v) is 7.24. The predicted octanol–water partition coefficient (Wildman–Crippen LogP) is 2.38. The van der Waals surface area contributed by atoms with Crippen molar-refractivity contribution in [1.29, 1.82) is 0 Å². The summed E-state index contributed by atoms with van der Waals surface area (Å²) >= 11 is 1.00. The molecule has 0 spiro atoms. The summed E-state index contributed by atoms with van der Waals surface area (Å²) in [6.07, 6.45) is 0. The molecule has 4 rings (SSSR count). The van der Waals surface area contributed by atoms with Crippen molar-refractivity contribution in [2.45, 2.75) is 17.9 Å². The van der Waals surface area contributed by atoms with Crippen molar-refractivity contribution in [2.24, 2.45) is 0 Å². The number of fused-ring (bicyclic) bond motifs is 2. The Hall–Kier alpha value is -3.38. The van der Waals surface area contributed by atoms with Crippen LogP contribution in [0.2, 0.25) is 0 Å². The quantitative estimate of drug-likeness (QED) is 0.493. The van der Waals surface area contributed by atoms with Crippen molar-refractivity contribution >= 4 is 54.2 Å². The molecule has 1 aromatic heterocycles. The SMILES string of the molecule is CC(C(=O)Nc1nc2ccc([N+](=O)[O-])cc2s1)N1C(=O)c2ccccc2S1(=O)=O. The second kappa shape index (κ2) is 6.60. The van der Waals surface area contributed by atoms with Crippen molar-refractivity contribution in [1.82, 2.24) is 9.29 Å². The molecule has 0 aliphatic carbocycles. The number of nitrogens with zero attached hydrogens (tertiary/aromatic N) is 3. The standard InChI is InChI=1S/C17H12N4O6S2/c1-9(20-16(23)11-4-2-3-5-14(11)29(20,26)27)15(22)19-17-18-12-7-6-10(21(24)25)8-13(12)28-17/h2-9H,1H3,(H,18,19,22). The average molecular weight is 432 g/mol. The van der Waals surface area contributed by atoms with Crippen LogP contribution in [0.3, 0.4) is 0 Å². The fourth-order valence-corrected chi connectivity index (χ4v) is 5.61. The largest absolute Gasteiger partial charge is 0.300 e. The van der Waals surface area contributed by atoms with E-state index in [0.717, 1.165) is 11.3 Å². The van der Waals surface area contributed by atoms with E-state index in [0.29, 0.717) is 14.5 Å². The lowest BCUT2D eigenvalue weighted by molar-refractivity contribution is -0.384. The minimum absolute atomic E-state index is 0.0134. The molecule has 1 N–H and O–H groups in total. The van der Waals surface area contributed by atoms with Gasteiger partial charge in [0.2, 0.25) is 5.91 Å². The molecule has 2 amide bonds. The summed E-state index contributed by atoms with van der Waals surface area (Å²) in [5.41, 5.74) is 0.346. The Balaban J connectivity index is 1.60. The average Bonchev–Trinajstić information content (AvgIpc) is 3.16. The molecule has 3 aromatic rings. The molecular weight excluding hydrogens is 420 g/mol. The van der Waals surface area contributed by atoms with E-state index >= 15 is 0 Å². The number of amides is 2. The van der Waals surface area contributed by atoms with Gasteiger partial charge in [0.05, 0.1) is 20.7 Å². The molecule has 29 heavy (non-hydrogen) atoms. The van der Waals surface area contributed by atoms with Crippen LogP contribution in [-0.2, 0) is 14.8 Å². The number of hydrogen-bond donors (Lipinski definition) is 1. The fraction of sp³-hybridized carbons (Fsp3) is 0.118. The van der Waals surface area contributed by atoms with E-state index in [4.69, 9.17) is 0 Å². The molecule has 2 heterocycles. The van der Waals surface area contributed by atoms with Crippen LogP contribution in [0, 0.1) is 10.1 Å². The third-order valence-electron chi connectivity index (χ3n) is 4.40. The van der Waals surface area contributed by atoms with Gasteiger partial charge in [-0.25, -0.2) is 17.7 Å². The maximum atomic E-state index is 12.7. The first-order chi connectivity index (χ1) is 13.7. The third kappa shape index (κ3) is 3.02. The van der Waals surface area contributed by atoms with Crippen LogP contribution in [0.15, 0.2) is 47.4 Å². The molecular formula is C17H12N4O6S2. The highest BCUT2D eigenvalue weighted by atomic mass is 32.2. The highest BCUT2D eigenvalue weighted by Crippen LogP contribution is 2.33. The molecule has 12 heteroatoms. The lowest BCUT2D eigenvalue weighted by Crippen LogP contribution is -2.45. The van der Waals surface area contributed by atoms with E-state index in [1.54, 1.807) is 6.07 Å². The van der Waals surface area contributed by atoms with Gasteiger partial charge in [-0.2, -0.15) is 0 Å². The van der Waals surface area contributed by atoms with Gasteiger partial charge in [-0.15, -0.1) is 0 Å². The van der Waals surface area contributed by atoms with Crippen LogP contribution >= 0.6 is 11.3 Å². The van der Waals surface area contributed by atoms with Gasteiger partial charge in [-0.1, -0.05) is 23.5 Å². The van der Waals surface area contributed by atoms with E-state index in [1.165, 1.54) is 43.3 Å². The van der Waals surface area contributed by atoms with Crippen LogP contribution in [0.25, 0.3) is 10.2 Å². The van der Waals surface area contributed by atoms with Crippen molar-refractivity contribution < 1.29 is 22.9 Å². The molecule has 1 atom stereocenters. The van der Waals surface area contributed by atoms with Gasteiger partial charge < -0.3 is 5.32 Å². The molecule has 0 saturated heterocycles. The number of carbonyl (C=O) groups is 2. The molecule has 0 radical (unpaired) electrons. The fourth-order valence-electron chi connectivity index (χ4n) is 2.98. The number of nitrogens with one attached hydrogen (secondary N) is 1. The van der Waals surface area contributed by atoms with Gasteiger partial charge >= 0.3 is 0 Å². The van der Waals surface area contributed by atoms with Gasteiger partial charge in [0.25, 0.3) is 21.6 Å². The molecule has 0 saturated carbocycles. The Morgan fingerprint density at radius 3 is 2.69 bits per heavy atom. The molecule has 0 bridgehead atoms. The Morgan fingerprint density at radius 1 is 1.28 bits per heavy atom. The number of thiazole rings is 1. The van der Waals surface area contributed by atoms with Crippen LogP contribution in [0.5, 0.6) is 0 Å². The second-order valence-electron chi connectivity index (χ2n) is 6.20.